The molecule has 23 heavy (non-hydrogen) atoms. The van der Waals surface area contributed by atoms with Crippen molar-refractivity contribution in [3.05, 3.63) is 29.8 Å². The molecule has 2 saturated heterocycles. The summed E-state index contributed by atoms with van der Waals surface area (Å²) < 4.78 is 10.9. The van der Waals surface area contributed by atoms with Crippen molar-refractivity contribution in [2.24, 2.45) is 0 Å². The van der Waals surface area contributed by atoms with Crippen LogP contribution in [0.5, 0.6) is 0 Å². The topological polar surface area (TPSA) is 54.0 Å². The van der Waals surface area contributed by atoms with E-state index in [0.29, 0.717) is 26.4 Å². The number of nitrogens with one attached hydrogen (secondary N) is 1. The summed E-state index contributed by atoms with van der Waals surface area (Å²) in [5.41, 5.74) is 2.50. The van der Waals surface area contributed by atoms with E-state index in [1.807, 2.05) is 4.90 Å². The van der Waals surface area contributed by atoms with Crippen LogP contribution in [0.3, 0.4) is 0 Å². The van der Waals surface area contributed by atoms with Gasteiger partial charge in [0.15, 0.2) is 0 Å². The maximum atomic E-state index is 12.2. The van der Waals surface area contributed by atoms with E-state index in [-0.39, 0.29) is 12.1 Å². The number of aryl methyl sites for hydroxylation is 1. The minimum Gasteiger partial charge on any atom is -0.376 e. The number of anilines is 1. The van der Waals surface area contributed by atoms with E-state index in [0.717, 1.165) is 26.2 Å². The summed E-state index contributed by atoms with van der Waals surface area (Å²) in [7, 11) is 0. The highest BCUT2D eigenvalue weighted by molar-refractivity contribution is 5.74. The third-order valence-corrected chi connectivity index (χ3v) is 4.30. The Morgan fingerprint density at radius 2 is 2.09 bits per heavy atom. The van der Waals surface area contributed by atoms with Gasteiger partial charge in [0.1, 0.15) is 0 Å². The lowest BCUT2D eigenvalue weighted by molar-refractivity contribution is -0.0856. The van der Waals surface area contributed by atoms with Crippen LogP contribution >= 0.6 is 0 Å². The number of carbonyl (C=O) groups excluding carboxylic acids is 1. The lowest BCUT2D eigenvalue weighted by atomic mass is 10.2. The quantitative estimate of drug-likeness (QED) is 0.911. The van der Waals surface area contributed by atoms with Crippen LogP contribution in [-0.4, -0.2) is 69.6 Å². The number of hydrogen-bond donors (Lipinski definition) is 1. The number of benzene rings is 1. The molecule has 6 heteroatoms. The summed E-state index contributed by atoms with van der Waals surface area (Å²) in [5.74, 6) is 0. The molecule has 2 amide bonds. The third-order valence-electron chi connectivity index (χ3n) is 4.30. The second-order valence-corrected chi connectivity index (χ2v) is 6.07. The highest BCUT2D eigenvalue weighted by Crippen LogP contribution is 2.17. The molecule has 2 fully saturated rings. The minimum atomic E-state index is -0.0266. The van der Waals surface area contributed by atoms with Gasteiger partial charge in [-0.05, 0) is 24.6 Å². The van der Waals surface area contributed by atoms with E-state index in [9.17, 15) is 4.79 Å². The Balaban J connectivity index is 1.43. The number of hydrogen-bond acceptors (Lipinski definition) is 4. The largest absolute Gasteiger partial charge is 0.376 e. The van der Waals surface area contributed by atoms with E-state index in [1.54, 1.807) is 0 Å². The van der Waals surface area contributed by atoms with Crippen LogP contribution in [0.4, 0.5) is 10.5 Å². The monoisotopic (exact) mass is 319 g/mol. The van der Waals surface area contributed by atoms with E-state index in [4.69, 9.17) is 9.47 Å². The number of ether oxygens (including phenoxy) is 2. The fourth-order valence-corrected chi connectivity index (χ4v) is 2.96. The zero-order valence-electron chi connectivity index (χ0n) is 13.7. The zero-order valence-corrected chi connectivity index (χ0v) is 13.7. The average Bonchev–Trinajstić information content (AvgIpc) is 2.61. The predicted octanol–water partition coefficient (Wildman–Crippen LogP) is 1.24. The van der Waals surface area contributed by atoms with Crippen molar-refractivity contribution in [2.45, 2.75) is 13.0 Å². The molecule has 6 nitrogen and oxygen atoms in total. The second kappa shape index (κ2) is 7.66. The van der Waals surface area contributed by atoms with Gasteiger partial charge < -0.3 is 24.6 Å². The third kappa shape index (κ3) is 4.36. The predicted molar refractivity (Wildman–Crippen MR) is 88.9 cm³/mol. The summed E-state index contributed by atoms with van der Waals surface area (Å²) in [4.78, 5) is 16.4. The molecule has 126 valence electrons. The van der Waals surface area contributed by atoms with Crippen LogP contribution in [-0.2, 0) is 9.47 Å². The van der Waals surface area contributed by atoms with Crippen LogP contribution in [0.25, 0.3) is 0 Å². The molecular formula is C17H25N3O3. The number of rotatable bonds is 3. The first kappa shape index (κ1) is 16.1. The maximum absolute atomic E-state index is 12.2. The highest BCUT2D eigenvalue weighted by Gasteiger charge is 2.22. The van der Waals surface area contributed by atoms with Crippen molar-refractivity contribution in [3.63, 3.8) is 0 Å². The van der Waals surface area contributed by atoms with Crippen LogP contribution in [0.2, 0.25) is 0 Å². The first-order valence-electron chi connectivity index (χ1n) is 8.26. The van der Waals surface area contributed by atoms with Gasteiger partial charge in [0.05, 0.1) is 25.9 Å². The van der Waals surface area contributed by atoms with Crippen molar-refractivity contribution in [1.29, 1.82) is 0 Å². The van der Waals surface area contributed by atoms with Crippen LogP contribution < -0.4 is 10.2 Å². The molecule has 0 aliphatic carbocycles. The van der Waals surface area contributed by atoms with Crippen molar-refractivity contribution in [1.82, 2.24) is 10.2 Å². The van der Waals surface area contributed by atoms with Gasteiger partial charge in [-0.2, -0.15) is 0 Å². The van der Waals surface area contributed by atoms with E-state index in [2.05, 4.69) is 41.4 Å². The molecule has 0 spiro atoms. The fourth-order valence-electron chi connectivity index (χ4n) is 2.96. The van der Waals surface area contributed by atoms with Gasteiger partial charge in [0.2, 0.25) is 0 Å². The Hall–Kier alpha value is -1.79. The molecule has 2 aliphatic heterocycles. The van der Waals surface area contributed by atoms with E-state index < -0.39 is 0 Å². The van der Waals surface area contributed by atoms with Gasteiger partial charge in [-0.3, -0.25) is 0 Å². The molecule has 2 heterocycles. The lowest BCUT2D eigenvalue weighted by Gasteiger charge is -2.36. The van der Waals surface area contributed by atoms with Crippen molar-refractivity contribution in [2.75, 3.05) is 57.4 Å². The molecule has 1 aromatic carbocycles. The summed E-state index contributed by atoms with van der Waals surface area (Å²) in [5, 5.41) is 2.95. The Labute approximate surface area is 137 Å². The first-order chi connectivity index (χ1) is 11.2. The molecule has 1 N–H and O–H groups in total. The fraction of sp³-hybridized carbons (Fsp3) is 0.588. The van der Waals surface area contributed by atoms with Gasteiger partial charge in [-0.1, -0.05) is 12.1 Å². The highest BCUT2D eigenvalue weighted by atomic mass is 16.6. The number of nitrogens with zero attached hydrogens (tertiary/aromatic N) is 2. The number of piperazine rings is 1. The zero-order chi connectivity index (χ0) is 16.1. The molecule has 1 aromatic rings. The first-order valence-corrected chi connectivity index (χ1v) is 8.26. The Morgan fingerprint density at radius 1 is 1.26 bits per heavy atom. The summed E-state index contributed by atoms with van der Waals surface area (Å²) in [6.07, 6.45) is -0.0266. The summed E-state index contributed by atoms with van der Waals surface area (Å²) >= 11 is 0. The van der Waals surface area contributed by atoms with Crippen molar-refractivity contribution in [3.8, 4) is 0 Å². The molecule has 0 bridgehead atoms. The number of amides is 2. The van der Waals surface area contributed by atoms with Gasteiger partial charge in [-0.15, -0.1) is 0 Å². The SMILES string of the molecule is Cc1cccc(N2CCN(C(=O)NC[C@H]3COCCO3)CC2)c1. The number of carbonyl (C=O) groups is 1. The molecule has 1 atom stereocenters. The smallest absolute Gasteiger partial charge is 0.317 e. The molecule has 0 radical (unpaired) electrons. The van der Waals surface area contributed by atoms with Gasteiger partial charge in [0, 0.05) is 38.4 Å². The molecule has 3 rings (SSSR count). The van der Waals surface area contributed by atoms with E-state index >= 15 is 0 Å². The van der Waals surface area contributed by atoms with Gasteiger partial charge in [0.25, 0.3) is 0 Å². The van der Waals surface area contributed by atoms with Crippen molar-refractivity contribution < 1.29 is 14.3 Å². The number of urea groups is 1. The Kier molecular flexibility index (Phi) is 5.35. The lowest BCUT2D eigenvalue weighted by Crippen LogP contribution is -2.53. The minimum absolute atomic E-state index is 0.0111. The van der Waals surface area contributed by atoms with Gasteiger partial charge >= 0.3 is 6.03 Å². The molecule has 0 unspecified atom stereocenters. The van der Waals surface area contributed by atoms with Crippen LogP contribution in [0.15, 0.2) is 24.3 Å². The second-order valence-electron chi connectivity index (χ2n) is 6.07. The normalized spacial score (nSPS) is 22.0. The van der Waals surface area contributed by atoms with Gasteiger partial charge in [-0.25, -0.2) is 4.79 Å². The molecule has 0 aromatic heterocycles. The molecule has 2 aliphatic rings. The molecule has 0 saturated carbocycles. The summed E-state index contributed by atoms with van der Waals surface area (Å²) in [6.45, 7) is 7.62. The molecular weight excluding hydrogens is 294 g/mol. The van der Waals surface area contributed by atoms with Crippen LogP contribution in [0, 0.1) is 6.92 Å². The van der Waals surface area contributed by atoms with E-state index in [1.165, 1.54) is 11.3 Å². The Bertz CT molecular complexity index is 524. The summed E-state index contributed by atoms with van der Waals surface area (Å²) in [6, 6.07) is 8.49. The van der Waals surface area contributed by atoms with Crippen molar-refractivity contribution >= 4 is 11.7 Å². The standard InChI is InChI=1S/C17H25N3O3/c1-14-3-2-4-15(11-14)19-5-7-20(8-6-19)17(21)18-12-16-13-22-9-10-23-16/h2-4,11,16H,5-10,12-13H2,1H3,(H,18,21)/t16-/m0/s1. The average molecular weight is 319 g/mol. The Morgan fingerprint density at radius 3 is 2.78 bits per heavy atom. The maximum Gasteiger partial charge on any atom is 0.317 e. The van der Waals surface area contributed by atoms with Crippen LogP contribution in [0.1, 0.15) is 5.56 Å².